The van der Waals surface area contributed by atoms with E-state index >= 15 is 0 Å². The highest BCUT2D eigenvalue weighted by Crippen LogP contribution is 2.37. The lowest BCUT2D eigenvalue weighted by molar-refractivity contribution is -0.384. The van der Waals surface area contributed by atoms with E-state index in [0.717, 1.165) is 16.9 Å². The molecule has 1 aliphatic heterocycles. The lowest BCUT2D eigenvalue weighted by Crippen LogP contribution is -2.00. The quantitative estimate of drug-likeness (QED) is 0.315. The largest absolute Gasteiger partial charge is 0.497 e. The van der Waals surface area contributed by atoms with Gasteiger partial charge in [-0.3, -0.25) is 14.9 Å². The Morgan fingerprint density at radius 1 is 1.06 bits per heavy atom. The number of nitro benzene ring substituents is 1. The van der Waals surface area contributed by atoms with Gasteiger partial charge in [-0.25, -0.2) is 0 Å². The van der Waals surface area contributed by atoms with E-state index in [1.807, 2.05) is 31.2 Å². The number of ether oxygens (including phenoxy) is 3. The summed E-state index contributed by atoms with van der Waals surface area (Å²) >= 11 is 0. The molecule has 0 N–H and O–H groups in total. The monoisotopic (exact) mass is 417 g/mol. The molecule has 31 heavy (non-hydrogen) atoms. The van der Waals surface area contributed by atoms with Gasteiger partial charge in [0.05, 0.1) is 17.6 Å². The molecule has 1 heterocycles. The smallest absolute Gasteiger partial charge is 0.269 e. The van der Waals surface area contributed by atoms with Gasteiger partial charge in [-0.05, 0) is 60.0 Å². The van der Waals surface area contributed by atoms with Gasteiger partial charge in [0, 0.05) is 18.2 Å². The minimum Gasteiger partial charge on any atom is -0.497 e. The summed E-state index contributed by atoms with van der Waals surface area (Å²) in [6.45, 7) is 2.17. The molecule has 0 unspecified atom stereocenters. The number of carbonyl (C=O) groups is 1. The molecule has 0 fully saturated rings. The molecule has 0 spiro atoms. The highest BCUT2D eigenvalue weighted by Gasteiger charge is 2.30. The zero-order valence-electron chi connectivity index (χ0n) is 17.0. The number of methoxy groups -OCH3 is 1. The number of nitrogens with zero attached hydrogens (tertiary/aromatic N) is 1. The molecule has 3 aromatic rings. The molecule has 7 heteroatoms. The number of allylic oxidation sites excluding steroid dienone is 1. The first-order valence-electron chi connectivity index (χ1n) is 9.53. The van der Waals surface area contributed by atoms with E-state index in [4.69, 9.17) is 14.2 Å². The van der Waals surface area contributed by atoms with Crippen molar-refractivity contribution in [3.8, 4) is 17.2 Å². The molecular formula is C24H19NO6. The molecule has 0 saturated heterocycles. The summed E-state index contributed by atoms with van der Waals surface area (Å²) in [6.07, 6.45) is 1.57. The van der Waals surface area contributed by atoms with E-state index in [9.17, 15) is 14.9 Å². The molecule has 0 bridgehead atoms. The Morgan fingerprint density at radius 3 is 2.55 bits per heavy atom. The van der Waals surface area contributed by atoms with Crippen LogP contribution in [0.1, 0.15) is 27.0 Å². The lowest BCUT2D eigenvalue weighted by atomic mass is 10.0. The fourth-order valence-corrected chi connectivity index (χ4v) is 3.33. The van der Waals surface area contributed by atoms with Crippen LogP contribution in [0.4, 0.5) is 5.69 Å². The van der Waals surface area contributed by atoms with E-state index in [1.54, 1.807) is 37.5 Å². The number of benzene rings is 3. The zero-order valence-corrected chi connectivity index (χ0v) is 17.0. The average Bonchev–Trinajstić information content (AvgIpc) is 3.08. The summed E-state index contributed by atoms with van der Waals surface area (Å²) in [6, 6.07) is 17.0. The number of non-ortho nitro benzene ring substituents is 1. The van der Waals surface area contributed by atoms with Gasteiger partial charge in [0.2, 0.25) is 5.78 Å². The molecule has 1 aliphatic rings. The van der Waals surface area contributed by atoms with E-state index < -0.39 is 4.92 Å². The Hall–Kier alpha value is -4.13. The summed E-state index contributed by atoms with van der Waals surface area (Å²) in [7, 11) is 1.61. The Labute approximate surface area is 178 Å². The van der Waals surface area contributed by atoms with Crippen molar-refractivity contribution in [1.82, 2.24) is 0 Å². The van der Waals surface area contributed by atoms with Gasteiger partial charge >= 0.3 is 0 Å². The molecule has 0 atom stereocenters. The predicted octanol–water partition coefficient (Wildman–Crippen LogP) is 5.11. The number of rotatable bonds is 6. The van der Waals surface area contributed by atoms with Gasteiger partial charge < -0.3 is 14.2 Å². The predicted molar refractivity (Wildman–Crippen MR) is 115 cm³/mol. The number of aryl methyl sites for hydroxylation is 1. The Balaban J connectivity index is 1.53. The van der Waals surface area contributed by atoms with Crippen molar-refractivity contribution in [2.75, 3.05) is 7.11 Å². The SMILES string of the molecule is COc1cccc(COc2cc(C)c3c(c2)O/C(=C\c2ccc([N+](=O)[O-])cc2)C3=O)c1. The summed E-state index contributed by atoms with van der Waals surface area (Å²) in [4.78, 5) is 23.1. The van der Waals surface area contributed by atoms with Gasteiger partial charge in [0.15, 0.2) is 5.76 Å². The molecule has 0 saturated carbocycles. The lowest BCUT2D eigenvalue weighted by Gasteiger charge is -2.10. The van der Waals surface area contributed by atoms with Crippen molar-refractivity contribution in [2.45, 2.75) is 13.5 Å². The highest BCUT2D eigenvalue weighted by atomic mass is 16.6. The number of hydrogen-bond donors (Lipinski definition) is 0. The molecule has 0 aliphatic carbocycles. The third-order valence-corrected chi connectivity index (χ3v) is 4.88. The fraction of sp³-hybridized carbons (Fsp3) is 0.125. The van der Waals surface area contributed by atoms with Crippen molar-refractivity contribution < 1.29 is 23.9 Å². The Bertz CT molecular complexity index is 1200. The second-order valence-electron chi connectivity index (χ2n) is 7.04. The first-order chi connectivity index (χ1) is 14.9. The van der Waals surface area contributed by atoms with Gasteiger partial charge in [-0.15, -0.1) is 0 Å². The molecule has 0 radical (unpaired) electrons. The van der Waals surface area contributed by atoms with Crippen molar-refractivity contribution in [2.24, 2.45) is 0 Å². The minimum absolute atomic E-state index is 0.0160. The van der Waals surface area contributed by atoms with Crippen LogP contribution in [0.15, 0.2) is 66.4 Å². The standard InChI is InChI=1S/C24H19NO6/c1-15-10-20(30-14-17-4-3-5-19(11-17)29-2)13-21-23(15)24(26)22(31-21)12-16-6-8-18(9-7-16)25(27)28/h3-13H,14H2,1-2H3/b22-12-. The topological polar surface area (TPSA) is 87.9 Å². The maximum atomic E-state index is 12.8. The van der Waals surface area contributed by atoms with E-state index in [1.165, 1.54) is 12.1 Å². The number of carbonyl (C=O) groups excluding carboxylic acids is 1. The zero-order chi connectivity index (χ0) is 22.0. The average molecular weight is 417 g/mol. The van der Waals surface area contributed by atoms with Crippen molar-refractivity contribution in [3.05, 3.63) is 98.8 Å². The van der Waals surface area contributed by atoms with Crippen molar-refractivity contribution in [3.63, 3.8) is 0 Å². The number of hydrogen-bond acceptors (Lipinski definition) is 6. The van der Waals surface area contributed by atoms with Crippen LogP contribution < -0.4 is 14.2 Å². The van der Waals surface area contributed by atoms with Crippen LogP contribution in [0, 0.1) is 17.0 Å². The third-order valence-electron chi connectivity index (χ3n) is 4.88. The van der Waals surface area contributed by atoms with Crippen LogP contribution in [0.3, 0.4) is 0 Å². The van der Waals surface area contributed by atoms with Crippen LogP contribution in [0.5, 0.6) is 17.2 Å². The first-order valence-corrected chi connectivity index (χ1v) is 9.53. The summed E-state index contributed by atoms with van der Waals surface area (Å²) < 4.78 is 16.9. The molecule has 7 nitrogen and oxygen atoms in total. The van der Waals surface area contributed by atoms with Crippen LogP contribution in [0.25, 0.3) is 6.08 Å². The molecule has 0 amide bonds. The number of ketones is 1. The Morgan fingerprint density at radius 2 is 1.84 bits per heavy atom. The minimum atomic E-state index is -0.472. The van der Waals surface area contributed by atoms with E-state index in [2.05, 4.69) is 0 Å². The third kappa shape index (κ3) is 4.25. The van der Waals surface area contributed by atoms with E-state index in [-0.39, 0.29) is 17.2 Å². The Kier molecular flexibility index (Phi) is 5.41. The maximum Gasteiger partial charge on any atom is 0.269 e. The van der Waals surface area contributed by atoms with Crippen LogP contribution >= 0.6 is 0 Å². The molecule has 4 rings (SSSR count). The number of fused-ring (bicyclic) bond motifs is 1. The number of nitro groups is 1. The second-order valence-corrected chi connectivity index (χ2v) is 7.04. The fourth-order valence-electron chi connectivity index (χ4n) is 3.33. The van der Waals surface area contributed by atoms with Crippen molar-refractivity contribution >= 4 is 17.5 Å². The maximum absolute atomic E-state index is 12.8. The molecular weight excluding hydrogens is 398 g/mol. The summed E-state index contributed by atoms with van der Waals surface area (Å²) in [5.74, 6) is 1.70. The first kappa shape index (κ1) is 20.2. The van der Waals surface area contributed by atoms with Gasteiger partial charge in [-0.1, -0.05) is 12.1 Å². The molecule has 0 aromatic heterocycles. The van der Waals surface area contributed by atoms with Crippen molar-refractivity contribution in [1.29, 1.82) is 0 Å². The second kappa shape index (κ2) is 8.31. The van der Waals surface area contributed by atoms with Crippen LogP contribution in [0.2, 0.25) is 0 Å². The van der Waals surface area contributed by atoms with Crippen LogP contribution in [-0.2, 0) is 6.61 Å². The van der Waals surface area contributed by atoms with E-state index in [0.29, 0.717) is 29.2 Å². The highest BCUT2D eigenvalue weighted by molar-refractivity contribution is 6.15. The summed E-state index contributed by atoms with van der Waals surface area (Å²) in [5, 5.41) is 10.8. The number of Topliss-reactive ketones (excluding diaryl/α,β-unsaturated/α-hetero) is 1. The van der Waals surface area contributed by atoms with Crippen LogP contribution in [-0.4, -0.2) is 17.8 Å². The normalized spacial score (nSPS) is 13.6. The van der Waals surface area contributed by atoms with Gasteiger partial charge in [0.25, 0.3) is 5.69 Å². The van der Waals surface area contributed by atoms with Gasteiger partial charge in [0.1, 0.15) is 23.9 Å². The van der Waals surface area contributed by atoms with Gasteiger partial charge in [-0.2, -0.15) is 0 Å². The molecule has 3 aromatic carbocycles. The molecule has 156 valence electrons. The summed E-state index contributed by atoms with van der Waals surface area (Å²) in [5.41, 5.74) is 2.80.